The molecule has 21 heavy (non-hydrogen) atoms. The standard InChI is InChI=1S/C18H13.2ClH.Hf/c1-2-7-13(6-1)15-10-5-11-17-16-9-4-3-8-14(16)12-18(15)17;;;/h1-6,8-12H,7H2;2*1H;/q-1;;;. The minimum absolute atomic E-state index is 0. The van der Waals surface area contributed by atoms with E-state index >= 15 is 0 Å². The molecule has 0 spiro atoms. The number of hydrogen-bond donors (Lipinski definition) is 0. The van der Waals surface area contributed by atoms with Gasteiger partial charge in [0.25, 0.3) is 0 Å². The molecule has 0 amide bonds. The molecule has 0 nitrogen and oxygen atoms in total. The molecule has 1 aliphatic rings. The van der Waals surface area contributed by atoms with Crippen LogP contribution in [0.5, 0.6) is 0 Å². The molecule has 3 aromatic carbocycles. The molecule has 0 unspecified atom stereocenters. The van der Waals surface area contributed by atoms with Gasteiger partial charge in [0, 0.05) is 25.8 Å². The van der Waals surface area contributed by atoms with Gasteiger partial charge in [0.2, 0.25) is 0 Å². The van der Waals surface area contributed by atoms with Crippen LogP contribution in [-0.2, 0) is 25.8 Å². The van der Waals surface area contributed by atoms with Crippen LogP contribution < -0.4 is 0 Å². The summed E-state index contributed by atoms with van der Waals surface area (Å²) in [5.74, 6) is 0. The molecule has 0 saturated carbocycles. The summed E-state index contributed by atoms with van der Waals surface area (Å²) < 4.78 is 0. The molecule has 0 aromatic heterocycles. The summed E-state index contributed by atoms with van der Waals surface area (Å²) >= 11 is 0. The number of hydrogen-bond acceptors (Lipinski definition) is 0. The Hall–Kier alpha value is -0.760. The molecule has 0 heterocycles. The first-order chi connectivity index (χ1) is 8.93. The van der Waals surface area contributed by atoms with E-state index in [0.717, 1.165) is 6.42 Å². The Kier molecular flexibility index (Phi) is 6.52. The zero-order valence-corrected chi connectivity index (χ0v) is 16.6. The van der Waals surface area contributed by atoms with Crippen LogP contribution in [-0.4, -0.2) is 0 Å². The van der Waals surface area contributed by atoms with E-state index in [1.807, 2.05) is 0 Å². The summed E-state index contributed by atoms with van der Waals surface area (Å²) in [6, 6.07) is 17.6. The Morgan fingerprint density at radius 1 is 0.857 bits per heavy atom. The topological polar surface area (TPSA) is 0 Å². The number of fused-ring (bicyclic) bond motifs is 3. The first kappa shape index (κ1) is 18.3. The molecule has 0 atom stereocenters. The second-order valence-corrected chi connectivity index (χ2v) is 4.82. The average molecular weight is 481 g/mol. The van der Waals surface area contributed by atoms with Gasteiger partial charge < -0.3 is 0 Å². The normalized spacial score (nSPS) is 12.5. The van der Waals surface area contributed by atoms with Crippen LogP contribution in [0, 0.1) is 0 Å². The molecular weight excluding hydrogens is 466 g/mol. The third-order valence-corrected chi connectivity index (χ3v) is 3.77. The summed E-state index contributed by atoms with van der Waals surface area (Å²) in [4.78, 5) is 0. The summed E-state index contributed by atoms with van der Waals surface area (Å²) in [7, 11) is 0. The molecule has 106 valence electrons. The minimum atomic E-state index is 0. The van der Waals surface area contributed by atoms with Gasteiger partial charge in [-0.1, -0.05) is 65.8 Å². The van der Waals surface area contributed by atoms with Gasteiger partial charge in [0.1, 0.15) is 0 Å². The smallest absolute Gasteiger partial charge is 0 e. The van der Waals surface area contributed by atoms with Crippen molar-refractivity contribution in [1.82, 2.24) is 0 Å². The average Bonchev–Trinajstić information content (AvgIpc) is 3.05. The van der Waals surface area contributed by atoms with Gasteiger partial charge in [-0.3, -0.25) is 0 Å². The van der Waals surface area contributed by atoms with Gasteiger partial charge in [-0.05, 0) is 6.42 Å². The fraction of sp³-hybridized carbons (Fsp3) is 0.0556. The zero-order chi connectivity index (χ0) is 11.9. The maximum absolute atomic E-state index is 2.32. The van der Waals surface area contributed by atoms with Gasteiger partial charge in [0.15, 0.2) is 0 Å². The van der Waals surface area contributed by atoms with Crippen molar-refractivity contribution in [2.75, 3.05) is 0 Å². The van der Waals surface area contributed by atoms with E-state index in [4.69, 9.17) is 0 Å². The monoisotopic (exact) mass is 481 g/mol. The van der Waals surface area contributed by atoms with Crippen LogP contribution in [0.2, 0.25) is 0 Å². The predicted octanol–water partition coefficient (Wildman–Crippen LogP) is 5.90. The molecule has 0 saturated heterocycles. The molecule has 3 heteroatoms. The minimum Gasteiger partial charge on any atom is -0.147 e. The Bertz CT molecular complexity index is 812. The van der Waals surface area contributed by atoms with Gasteiger partial charge >= 0.3 is 0 Å². The first-order valence-electron chi connectivity index (χ1n) is 6.37. The van der Waals surface area contributed by atoms with Gasteiger partial charge in [-0.25, -0.2) is 0 Å². The fourth-order valence-electron chi connectivity index (χ4n) is 2.91. The van der Waals surface area contributed by atoms with Crippen LogP contribution in [0.4, 0.5) is 0 Å². The zero-order valence-electron chi connectivity index (χ0n) is 11.4. The van der Waals surface area contributed by atoms with Crippen molar-refractivity contribution in [3.05, 3.63) is 72.3 Å². The number of allylic oxidation sites excluding steroid dienone is 4. The molecule has 0 bridgehead atoms. The van der Waals surface area contributed by atoms with Crippen LogP contribution >= 0.6 is 24.8 Å². The van der Waals surface area contributed by atoms with E-state index in [9.17, 15) is 0 Å². The molecule has 0 radical (unpaired) electrons. The maximum Gasteiger partial charge on any atom is 0 e. The van der Waals surface area contributed by atoms with Crippen LogP contribution in [0.25, 0.3) is 27.1 Å². The Balaban J connectivity index is 0.000000735. The van der Waals surface area contributed by atoms with Gasteiger partial charge in [-0.2, -0.15) is 0 Å². The third kappa shape index (κ3) is 3.06. The van der Waals surface area contributed by atoms with E-state index in [0.29, 0.717) is 0 Å². The molecule has 3 aromatic rings. The number of benzene rings is 2. The van der Waals surface area contributed by atoms with Gasteiger partial charge in [-0.15, -0.1) is 58.5 Å². The van der Waals surface area contributed by atoms with Crippen molar-refractivity contribution >= 4 is 51.9 Å². The molecule has 1 aliphatic carbocycles. The fourth-order valence-corrected chi connectivity index (χ4v) is 2.91. The van der Waals surface area contributed by atoms with Gasteiger partial charge in [0.05, 0.1) is 0 Å². The Morgan fingerprint density at radius 3 is 2.38 bits per heavy atom. The third-order valence-electron chi connectivity index (χ3n) is 3.77. The van der Waals surface area contributed by atoms with Crippen molar-refractivity contribution < 1.29 is 25.8 Å². The number of halogens is 2. The van der Waals surface area contributed by atoms with Crippen molar-refractivity contribution in [3.8, 4) is 0 Å². The summed E-state index contributed by atoms with van der Waals surface area (Å²) in [5, 5.41) is 5.46. The van der Waals surface area contributed by atoms with E-state index in [2.05, 4.69) is 66.8 Å². The molecule has 0 N–H and O–H groups in total. The maximum atomic E-state index is 2.32. The molecular formula is C18H15Cl2Hf-. The Morgan fingerprint density at radius 2 is 1.62 bits per heavy atom. The summed E-state index contributed by atoms with van der Waals surface area (Å²) in [6.45, 7) is 0. The van der Waals surface area contributed by atoms with E-state index < -0.39 is 0 Å². The Labute approximate surface area is 155 Å². The second-order valence-electron chi connectivity index (χ2n) is 4.82. The first-order valence-corrected chi connectivity index (χ1v) is 6.37. The molecule has 0 fully saturated rings. The quantitative estimate of drug-likeness (QED) is 0.301. The van der Waals surface area contributed by atoms with E-state index in [-0.39, 0.29) is 50.7 Å². The molecule has 4 rings (SSSR count). The van der Waals surface area contributed by atoms with Crippen molar-refractivity contribution in [2.24, 2.45) is 0 Å². The number of rotatable bonds is 1. The summed E-state index contributed by atoms with van der Waals surface area (Å²) in [6.07, 6.45) is 7.65. The van der Waals surface area contributed by atoms with Crippen molar-refractivity contribution in [1.29, 1.82) is 0 Å². The van der Waals surface area contributed by atoms with E-state index in [1.165, 1.54) is 32.7 Å². The molecule has 0 aliphatic heterocycles. The van der Waals surface area contributed by atoms with Crippen molar-refractivity contribution in [2.45, 2.75) is 6.42 Å². The van der Waals surface area contributed by atoms with Crippen molar-refractivity contribution in [3.63, 3.8) is 0 Å². The van der Waals surface area contributed by atoms with Crippen LogP contribution in [0.3, 0.4) is 0 Å². The predicted molar refractivity (Wildman–Crippen MR) is 93.3 cm³/mol. The SMILES string of the molecule is C1=CCC(c2cccc3c2[cH-]c2ccccc23)=C1.Cl.Cl.[Hf]. The van der Waals surface area contributed by atoms with Crippen LogP contribution in [0.15, 0.2) is 66.8 Å². The largest absolute Gasteiger partial charge is 0.147 e. The second kappa shape index (κ2) is 7.49. The summed E-state index contributed by atoms with van der Waals surface area (Å²) in [5.41, 5.74) is 2.81. The van der Waals surface area contributed by atoms with Crippen LogP contribution in [0.1, 0.15) is 12.0 Å². The van der Waals surface area contributed by atoms with E-state index in [1.54, 1.807) is 0 Å².